The van der Waals surface area contributed by atoms with Crippen molar-refractivity contribution in [3.05, 3.63) is 24.2 Å². The van der Waals surface area contributed by atoms with Crippen LogP contribution >= 0.6 is 11.8 Å². The van der Waals surface area contributed by atoms with E-state index in [1.54, 1.807) is 6.26 Å². The van der Waals surface area contributed by atoms with Gasteiger partial charge in [0.1, 0.15) is 5.76 Å². The summed E-state index contributed by atoms with van der Waals surface area (Å²) in [6.07, 6.45) is 4.97. The zero-order valence-corrected chi connectivity index (χ0v) is 10.3. The molecule has 0 saturated carbocycles. The van der Waals surface area contributed by atoms with Crippen molar-refractivity contribution in [3.8, 4) is 0 Å². The molecule has 0 aliphatic carbocycles. The SMILES string of the molecule is CSCCC(CN)N(C)Cc1ccco1. The Bertz CT molecular complexity index is 251. The number of hydrogen-bond acceptors (Lipinski definition) is 4. The molecule has 86 valence electrons. The Morgan fingerprint density at radius 1 is 1.60 bits per heavy atom. The summed E-state index contributed by atoms with van der Waals surface area (Å²) in [5.74, 6) is 2.16. The van der Waals surface area contributed by atoms with Gasteiger partial charge < -0.3 is 10.2 Å². The van der Waals surface area contributed by atoms with Crippen LogP contribution in [-0.4, -0.2) is 36.5 Å². The van der Waals surface area contributed by atoms with Gasteiger partial charge in [-0.05, 0) is 37.6 Å². The van der Waals surface area contributed by atoms with Crippen LogP contribution in [0.3, 0.4) is 0 Å². The molecule has 1 atom stereocenters. The fourth-order valence-electron chi connectivity index (χ4n) is 1.55. The van der Waals surface area contributed by atoms with Crippen molar-refractivity contribution in [2.75, 3.05) is 25.6 Å². The molecule has 15 heavy (non-hydrogen) atoms. The Labute approximate surface area is 96.0 Å². The largest absolute Gasteiger partial charge is 0.468 e. The lowest BCUT2D eigenvalue weighted by atomic mass is 10.2. The average Bonchev–Trinajstić information content (AvgIpc) is 2.71. The Balaban J connectivity index is 2.39. The number of nitrogens with two attached hydrogens (primary N) is 1. The van der Waals surface area contributed by atoms with E-state index in [-0.39, 0.29) is 0 Å². The van der Waals surface area contributed by atoms with Gasteiger partial charge in [0, 0.05) is 12.6 Å². The summed E-state index contributed by atoms with van der Waals surface area (Å²) in [6.45, 7) is 1.54. The number of nitrogens with zero attached hydrogens (tertiary/aromatic N) is 1. The lowest BCUT2D eigenvalue weighted by Gasteiger charge is -2.25. The van der Waals surface area contributed by atoms with Crippen molar-refractivity contribution in [1.82, 2.24) is 4.90 Å². The maximum atomic E-state index is 5.76. The van der Waals surface area contributed by atoms with E-state index < -0.39 is 0 Å². The molecule has 0 fully saturated rings. The second-order valence-electron chi connectivity index (χ2n) is 3.67. The number of furan rings is 1. The van der Waals surface area contributed by atoms with Gasteiger partial charge in [-0.2, -0.15) is 11.8 Å². The van der Waals surface area contributed by atoms with E-state index >= 15 is 0 Å². The van der Waals surface area contributed by atoms with Gasteiger partial charge in [-0.25, -0.2) is 0 Å². The topological polar surface area (TPSA) is 42.4 Å². The zero-order valence-electron chi connectivity index (χ0n) is 9.48. The first-order valence-corrected chi connectivity index (χ1v) is 6.59. The van der Waals surface area contributed by atoms with Crippen LogP contribution in [0, 0.1) is 0 Å². The molecule has 0 saturated heterocycles. The van der Waals surface area contributed by atoms with Crippen molar-refractivity contribution >= 4 is 11.8 Å². The van der Waals surface area contributed by atoms with Crippen LogP contribution < -0.4 is 5.73 Å². The zero-order chi connectivity index (χ0) is 11.1. The molecule has 2 N–H and O–H groups in total. The summed E-state index contributed by atoms with van der Waals surface area (Å²) < 4.78 is 5.32. The first-order chi connectivity index (χ1) is 7.27. The van der Waals surface area contributed by atoms with Crippen LogP contribution in [0.4, 0.5) is 0 Å². The lowest BCUT2D eigenvalue weighted by Crippen LogP contribution is -2.37. The predicted octanol–water partition coefficient (Wildman–Crippen LogP) is 1.79. The minimum Gasteiger partial charge on any atom is -0.468 e. The molecule has 4 heteroatoms. The second-order valence-corrected chi connectivity index (χ2v) is 4.65. The molecule has 0 bridgehead atoms. The maximum Gasteiger partial charge on any atom is 0.117 e. The fourth-order valence-corrected chi connectivity index (χ4v) is 2.06. The number of likely N-dealkylation sites (N-methyl/N-ethyl adjacent to an activating group) is 1. The highest BCUT2D eigenvalue weighted by molar-refractivity contribution is 7.98. The lowest BCUT2D eigenvalue weighted by molar-refractivity contribution is 0.216. The van der Waals surface area contributed by atoms with Crippen LogP contribution in [0.15, 0.2) is 22.8 Å². The maximum absolute atomic E-state index is 5.76. The fraction of sp³-hybridized carbons (Fsp3) is 0.636. The molecular formula is C11H20N2OS. The molecule has 0 amide bonds. The van der Waals surface area contributed by atoms with Crippen molar-refractivity contribution < 1.29 is 4.42 Å². The smallest absolute Gasteiger partial charge is 0.117 e. The highest BCUT2D eigenvalue weighted by Gasteiger charge is 2.13. The Hall–Kier alpha value is -0.450. The van der Waals surface area contributed by atoms with Crippen LogP contribution in [0.5, 0.6) is 0 Å². The second kappa shape index (κ2) is 6.93. The third kappa shape index (κ3) is 4.28. The Morgan fingerprint density at radius 3 is 2.93 bits per heavy atom. The monoisotopic (exact) mass is 228 g/mol. The summed E-state index contributed by atoms with van der Waals surface area (Å²) in [5, 5.41) is 0. The summed E-state index contributed by atoms with van der Waals surface area (Å²) >= 11 is 1.87. The highest BCUT2D eigenvalue weighted by atomic mass is 32.2. The molecule has 0 aromatic carbocycles. The van der Waals surface area contributed by atoms with Gasteiger partial charge in [0.25, 0.3) is 0 Å². The minimum atomic E-state index is 0.447. The molecule has 1 rings (SSSR count). The van der Waals surface area contributed by atoms with Gasteiger partial charge >= 0.3 is 0 Å². The summed E-state index contributed by atoms with van der Waals surface area (Å²) in [4.78, 5) is 2.26. The molecule has 1 aromatic heterocycles. The van der Waals surface area contributed by atoms with E-state index in [0.29, 0.717) is 12.6 Å². The van der Waals surface area contributed by atoms with Crippen molar-refractivity contribution in [1.29, 1.82) is 0 Å². The Morgan fingerprint density at radius 2 is 2.40 bits per heavy atom. The molecular weight excluding hydrogens is 208 g/mol. The molecule has 0 spiro atoms. The number of rotatable bonds is 7. The van der Waals surface area contributed by atoms with Crippen LogP contribution in [0.2, 0.25) is 0 Å². The first-order valence-electron chi connectivity index (χ1n) is 5.19. The normalized spacial score (nSPS) is 13.3. The summed E-state index contributed by atoms with van der Waals surface area (Å²) in [6, 6.07) is 4.36. The highest BCUT2D eigenvalue weighted by Crippen LogP contribution is 2.10. The standard InChI is InChI=1S/C11H20N2OS/c1-13(9-11-4-3-6-14-11)10(8-12)5-7-15-2/h3-4,6,10H,5,7-9,12H2,1-2H3. The summed E-state index contributed by atoms with van der Waals surface area (Å²) in [5.41, 5.74) is 5.76. The molecule has 1 heterocycles. The van der Waals surface area contributed by atoms with Gasteiger partial charge in [-0.15, -0.1) is 0 Å². The van der Waals surface area contributed by atoms with E-state index in [1.807, 2.05) is 23.9 Å². The Kier molecular flexibility index (Phi) is 5.83. The van der Waals surface area contributed by atoms with Gasteiger partial charge in [0.2, 0.25) is 0 Å². The number of thioether (sulfide) groups is 1. The molecule has 0 aliphatic heterocycles. The number of hydrogen-bond donors (Lipinski definition) is 1. The molecule has 1 unspecified atom stereocenters. The van der Waals surface area contributed by atoms with Gasteiger partial charge in [-0.3, -0.25) is 4.90 Å². The van der Waals surface area contributed by atoms with Gasteiger partial charge in [0.15, 0.2) is 0 Å². The summed E-state index contributed by atoms with van der Waals surface area (Å²) in [7, 11) is 2.10. The van der Waals surface area contributed by atoms with Crippen molar-refractivity contribution in [2.24, 2.45) is 5.73 Å². The quantitative estimate of drug-likeness (QED) is 0.772. The van der Waals surface area contributed by atoms with Crippen molar-refractivity contribution in [2.45, 2.75) is 19.0 Å². The molecule has 0 aliphatic rings. The third-order valence-electron chi connectivity index (χ3n) is 2.54. The van der Waals surface area contributed by atoms with E-state index in [1.165, 1.54) is 0 Å². The van der Waals surface area contributed by atoms with E-state index in [2.05, 4.69) is 18.2 Å². The molecule has 3 nitrogen and oxygen atoms in total. The van der Waals surface area contributed by atoms with E-state index in [4.69, 9.17) is 10.2 Å². The van der Waals surface area contributed by atoms with Gasteiger partial charge in [0.05, 0.1) is 12.8 Å². The predicted molar refractivity (Wildman–Crippen MR) is 66.0 cm³/mol. The van der Waals surface area contributed by atoms with Crippen molar-refractivity contribution in [3.63, 3.8) is 0 Å². The van der Waals surface area contributed by atoms with Crippen LogP contribution in [0.25, 0.3) is 0 Å². The van der Waals surface area contributed by atoms with E-state index in [0.717, 1.165) is 24.5 Å². The van der Waals surface area contributed by atoms with Crippen LogP contribution in [-0.2, 0) is 6.54 Å². The van der Waals surface area contributed by atoms with Crippen LogP contribution in [0.1, 0.15) is 12.2 Å². The van der Waals surface area contributed by atoms with Gasteiger partial charge in [-0.1, -0.05) is 0 Å². The van der Waals surface area contributed by atoms with E-state index in [9.17, 15) is 0 Å². The molecule has 0 radical (unpaired) electrons. The first kappa shape index (κ1) is 12.6. The molecule has 1 aromatic rings. The third-order valence-corrected chi connectivity index (χ3v) is 3.18. The minimum absolute atomic E-state index is 0.447. The average molecular weight is 228 g/mol.